The van der Waals surface area contributed by atoms with E-state index in [0.717, 1.165) is 10.5 Å². The topological polar surface area (TPSA) is 101 Å². The summed E-state index contributed by atoms with van der Waals surface area (Å²) in [7, 11) is 1.41. The standard InChI is InChI=1S/C21H16N4O4/c1-12-10-14(29-21-22-8-3-9-23-21)5-7-17(12)24-18(26)13-4-6-15-16(11-13)20(28)25(2)19(15)27/h3-11H,1-2H3,(H,24,26). The van der Waals surface area contributed by atoms with Crippen LogP contribution >= 0.6 is 0 Å². The van der Waals surface area contributed by atoms with Crippen molar-refractivity contribution in [3.63, 3.8) is 0 Å². The molecule has 0 spiro atoms. The molecular formula is C21H16N4O4. The molecule has 144 valence electrons. The quantitative estimate of drug-likeness (QED) is 0.690. The van der Waals surface area contributed by atoms with E-state index < -0.39 is 5.91 Å². The van der Waals surface area contributed by atoms with Crippen LogP contribution in [0.1, 0.15) is 36.6 Å². The van der Waals surface area contributed by atoms with E-state index in [4.69, 9.17) is 4.74 Å². The van der Waals surface area contributed by atoms with Crippen LogP contribution in [-0.2, 0) is 0 Å². The minimum absolute atomic E-state index is 0.228. The van der Waals surface area contributed by atoms with E-state index in [1.54, 1.807) is 36.7 Å². The maximum absolute atomic E-state index is 12.6. The molecule has 1 aromatic heterocycles. The molecule has 8 heteroatoms. The molecule has 2 aromatic carbocycles. The van der Waals surface area contributed by atoms with E-state index >= 15 is 0 Å². The first kappa shape index (κ1) is 18.3. The second kappa shape index (κ2) is 7.16. The summed E-state index contributed by atoms with van der Waals surface area (Å²) in [5.74, 6) is -0.631. The van der Waals surface area contributed by atoms with Gasteiger partial charge in [-0.25, -0.2) is 9.97 Å². The molecule has 2 heterocycles. The van der Waals surface area contributed by atoms with E-state index in [1.807, 2.05) is 6.92 Å². The van der Waals surface area contributed by atoms with E-state index in [0.29, 0.717) is 17.0 Å². The number of aryl methyl sites for hydroxylation is 1. The third-order valence-electron chi connectivity index (χ3n) is 4.55. The van der Waals surface area contributed by atoms with Gasteiger partial charge in [-0.05, 0) is 55.0 Å². The lowest BCUT2D eigenvalue weighted by molar-refractivity contribution is 0.0693. The van der Waals surface area contributed by atoms with Gasteiger partial charge in [-0.15, -0.1) is 0 Å². The van der Waals surface area contributed by atoms with Gasteiger partial charge >= 0.3 is 6.01 Å². The van der Waals surface area contributed by atoms with Gasteiger partial charge in [0.1, 0.15) is 5.75 Å². The average Bonchev–Trinajstić information content (AvgIpc) is 2.94. The van der Waals surface area contributed by atoms with Crippen LogP contribution in [0.5, 0.6) is 11.8 Å². The minimum atomic E-state index is -0.416. The van der Waals surface area contributed by atoms with Gasteiger partial charge in [0.05, 0.1) is 11.1 Å². The SMILES string of the molecule is Cc1cc(Oc2ncccn2)ccc1NC(=O)c1ccc2c(c1)C(=O)N(C)C2=O. The van der Waals surface area contributed by atoms with Gasteiger partial charge in [0.15, 0.2) is 0 Å². The van der Waals surface area contributed by atoms with Crippen LogP contribution in [0, 0.1) is 6.92 Å². The van der Waals surface area contributed by atoms with E-state index in [-0.39, 0.29) is 29.0 Å². The van der Waals surface area contributed by atoms with Gasteiger partial charge in [0, 0.05) is 30.7 Å². The molecular weight excluding hydrogens is 372 g/mol. The summed E-state index contributed by atoms with van der Waals surface area (Å²) in [5, 5.41) is 2.81. The average molecular weight is 388 g/mol. The summed E-state index contributed by atoms with van der Waals surface area (Å²) in [6, 6.07) is 11.5. The maximum Gasteiger partial charge on any atom is 0.321 e. The number of nitrogens with zero attached hydrogens (tertiary/aromatic N) is 3. The highest BCUT2D eigenvalue weighted by Gasteiger charge is 2.33. The maximum atomic E-state index is 12.6. The molecule has 1 N–H and O–H groups in total. The van der Waals surface area contributed by atoms with Crippen LogP contribution in [0.3, 0.4) is 0 Å². The summed E-state index contributed by atoms with van der Waals surface area (Å²) >= 11 is 0. The highest BCUT2D eigenvalue weighted by Crippen LogP contribution is 2.26. The van der Waals surface area contributed by atoms with Gasteiger partial charge in [-0.1, -0.05) is 0 Å². The Morgan fingerprint density at radius 2 is 1.72 bits per heavy atom. The van der Waals surface area contributed by atoms with E-state index in [1.165, 1.54) is 25.2 Å². The molecule has 3 amide bonds. The van der Waals surface area contributed by atoms with E-state index in [9.17, 15) is 14.4 Å². The van der Waals surface area contributed by atoms with Crippen molar-refractivity contribution in [1.29, 1.82) is 0 Å². The molecule has 4 rings (SSSR count). The fourth-order valence-electron chi connectivity index (χ4n) is 2.98. The second-order valence-electron chi connectivity index (χ2n) is 6.49. The van der Waals surface area contributed by atoms with Crippen molar-refractivity contribution in [3.8, 4) is 11.8 Å². The van der Waals surface area contributed by atoms with Gasteiger partial charge in [-0.3, -0.25) is 19.3 Å². The number of rotatable bonds is 4. The molecule has 0 aliphatic carbocycles. The van der Waals surface area contributed by atoms with Crippen molar-refractivity contribution in [2.24, 2.45) is 0 Å². The van der Waals surface area contributed by atoms with Crippen LogP contribution < -0.4 is 10.1 Å². The molecule has 0 fully saturated rings. The molecule has 0 bridgehead atoms. The number of imide groups is 1. The number of anilines is 1. The number of hydrogen-bond donors (Lipinski definition) is 1. The number of benzene rings is 2. The van der Waals surface area contributed by atoms with Crippen molar-refractivity contribution in [2.45, 2.75) is 6.92 Å². The molecule has 0 saturated heterocycles. The Balaban J connectivity index is 1.52. The number of ether oxygens (including phenoxy) is 1. The summed E-state index contributed by atoms with van der Waals surface area (Å²) in [5.41, 5.74) is 2.19. The fraction of sp³-hybridized carbons (Fsp3) is 0.0952. The first-order valence-electron chi connectivity index (χ1n) is 8.77. The lowest BCUT2D eigenvalue weighted by atomic mass is 10.0. The van der Waals surface area contributed by atoms with E-state index in [2.05, 4.69) is 15.3 Å². The summed E-state index contributed by atoms with van der Waals surface area (Å²) in [4.78, 5) is 45.8. The van der Waals surface area contributed by atoms with Crippen molar-refractivity contribution in [3.05, 3.63) is 77.1 Å². The monoisotopic (exact) mass is 388 g/mol. The highest BCUT2D eigenvalue weighted by molar-refractivity contribution is 6.22. The summed E-state index contributed by atoms with van der Waals surface area (Å²) in [6.45, 7) is 1.83. The summed E-state index contributed by atoms with van der Waals surface area (Å²) < 4.78 is 5.58. The molecule has 8 nitrogen and oxygen atoms in total. The molecule has 3 aromatic rings. The normalized spacial score (nSPS) is 12.7. The van der Waals surface area contributed by atoms with Crippen molar-refractivity contribution in [1.82, 2.24) is 14.9 Å². The van der Waals surface area contributed by atoms with Crippen LogP contribution in [0.2, 0.25) is 0 Å². The van der Waals surface area contributed by atoms with Gasteiger partial charge in [0.2, 0.25) is 0 Å². The Morgan fingerprint density at radius 1 is 1.00 bits per heavy atom. The minimum Gasteiger partial charge on any atom is -0.424 e. The van der Waals surface area contributed by atoms with Crippen molar-refractivity contribution in [2.75, 3.05) is 12.4 Å². The number of carbonyl (C=O) groups is 3. The lowest BCUT2D eigenvalue weighted by Gasteiger charge is -2.11. The predicted octanol–water partition coefficient (Wildman–Crippen LogP) is 3.06. The van der Waals surface area contributed by atoms with Crippen molar-refractivity contribution < 1.29 is 19.1 Å². The Labute approximate surface area is 166 Å². The zero-order valence-electron chi connectivity index (χ0n) is 15.7. The molecule has 0 radical (unpaired) electrons. The smallest absolute Gasteiger partial charge is 0.321 e. The third-order valence-corrected chi connectivity index (χ3v) is 4.55. The number of fused-ring (bicyclic) bond motifs is 1. The number of carbonyl (C=O) groups excluding carboxylic acids is 3. The van der Waals surface area contributed by atoms with Gasteiger partial charge in [-0.2, -0.15) is 0 Å². The van der Waals surface area contributed by atoms with Crippen LogP contribution in [-0.4, -0.2) is 39.6 Å². The summed E-state index contributed by atoms with van der Waals surface area (Å²) in [6.07, 6.45) is 3.16. The van der Waals surface area contributed by atoms with Crippen LogP contribution in [0.25, 0.3) is 0 Å². The number of hydrogen-bond acceptors (Lipinski definition) is 6. The molecule has 0 saturated carbocycles. The Hall–Kier alpha value is -4.07. The number of amides is 3. The van der Waals surface area contributed by atoms with Crippen molar-refractivity contribution >= 4 is 23.4 Å². The first-order valence-corrected chi connectivity index (χ1v) is 8.77. The molecule has 29 heavy (non-hydrogen) atoms. The fourth-order valence-corrected chi connectivity index (χ4v) is 2.98. The number of aromatic nitrogens is 2. The van der Waals surface area contributed by atoms with Crippen LogP contribution in [0.4, 0.5) is 5.69 Å². The Morgan fingerprint density at radius 3 is 2.45 bits per heavy atom. The molecule has 1 aliphatic rings. The third kappa shape index (κ3) is 3.43. The Bertz CT molecular complexity index is 1140. The van der Waals surface area contributed by atoms with Gasteiger partial charge < -0.3 is 10.1 Å². The molecule has 0 unspecified atom stereocenters. The zero-order chi connectivity index (χ0) is 20.5. The first-order chi connectivity index (χ1) is 13.9. The Kier molecular flexibility index (Phi) is 4.52. The molecule has 0 atom stereocenters. The number of nitrogens with one attached hydrogen (secondary N) is 1. The second-order valence-corrected chi connectivity index (χ2v) is 6.49. The zero-order valence-corrected chi connectivity index (χ0v) is 15.7. The predicted molar refractivity (Wildman–Crippen MR) is 104 cm³/mol. The largest absolute Gasteiger partial charge is 0.424 e. The highest BCUT2D eigenvalue weighted by atomic mass is 16.5. The lowest BCUT2D eigenvalue weighted by Crippen LogP contribution is -2.24. The molecule has 1 aliphatic heterocycles. The van der Waals surface area contributed by atoms with Gasteiger partial charge in [0.25, 0.3) is 17.7 Å². The van der Waals surface area contributed by atoms with Crippen LogP contribution in [0.15, 0.2) is 54.9 Å².